The molecule has 1 amide bonds. The van der Waals surface area contributed by atoms with E-state index in [1.807, 2.05) is 20.0 Å². The zero-order valence-corrected chi connectivity index (χ0v) is 11.1. The van der Waals surface area contributed by atoms with Crippen LogP contribution in [0, 0.1) is 6.92 Å². The summed E-state index contributed by atoms with van der Waals surface area (Å²) in [7, 11) is 3.49. The molecule has 2 rings (SSSR count). The van der Waals surface area contributed by atoms with Crippen LogP contribution in [-0.2, 0) is 16.1 Å². The van der Waals surface area contributed by atoms with Crippen LogP contribution in [0.3, 0.4) is 0 Å². The molecule has 0 aromatic carbocycles. The summed E-state index contributed by atoms with van der Waals surface area (Å²) < 4.78 is 10.5. The number of furan rings is 1. The maximum Gasteiger partial charge on any atom is 0.239 e. The van der Waals surface area contributed by atoms with E-state index in [1.165, 1.54) is 0 Å². The molecule has 1 aliphatic rings. The summed E-state index contributed by atoms with van der Waals surface area (Å²) >= 11 is 0. The number of nitrogens with one attached hydrogen (secondary N) is 1. The Labute approximate surface area is 107 Å². The van der Waals surface area contributed by atoms with E-state index in [2.05, 4.69) is 5.32 Å². The smallest absolute Gasteiger partial charge is 0.239 e. The Balaban J connectivity index is 1.91. The second kappa shape index (κ2) is 5.54. The molecule has 0 aliphatic carbocycles. The van der Waals surface area contributed by atoms with Crippen LogP contribution in [0.4, 0.5) is 0 Å². The van der Waals surface area contributed by atoms with Gasteiger partial charge in [-0.3, -0.25) is 4.79 Å². The summed E-state index contributed by atoms with van der Waals surface area (Å²) in [4.78, 5) is 14.0. The van der Waals surface area contributed by atoms with Crippen molar-refractivity contribution in [2.24, 2.45) is 0 Å². The van der Waals surface area contributed by atoms with Crippen molar-refractivity contribution in [3.8, 4) is 0 Å². The van der Waals surface area contributed by atoms with Crippen LogP contribution in [0.2, 0.25) is 0 Å². The van der Waals surface area contributed by atoms with E-state index in [1.54, 1.807) is 18.3 Å². The van der Waals surface area contributed by atoms with E-state index in [0.717, 1.165) is 24.3 Å². The lowest BCUT2D eigenvalue weighted by atomic mass is 10.1. The van der Waals surface area contributed by atoms with Crippen LogP contribution in [0.25, 0.3) is 0 Å². The summed E-state index contributed by atoms with van der Waals surface area (Å²) in [6.07, 6.45) is 2.53. The van der Waals surface area contributed by atoms with Gasteiger partial charge in [-0.25, -0.2) is 0 Å². The molecule has 1 saturated heterocycles. The van der Waals surface area contributed by atoms with Gasteiger partial charge in [-0.2, -0.15) is 0 Å². The predicted octanol–water partition coefficient (Wildman–Crippen LogP) is 0.923. The standard InChI is InChI=1S/C13H20N2O3/c1-9-10(4-5-18-9)8-15(2)13(16)12-6-11(17-3)7-14-12/h4-5,11-12,14H,6-8H2,1-3H3. The van der Waals surface area contributed by atoms with E-state index < -0.39 is 0 Å². The average Bonchev–Trinajstić information content (AvgIpc) is 2.98. The monoisotopic (exact) mass is 252 g/mol. The van der Waals surface area contributed by atoms with Crippen molar-refractivity contribution >= 4 is 5.91 Å². The van der Waals surface area contributed by atoms with Gasteiger partial charge in [-0.05, 0) is 19.4 Å². The number of methoxy groups -OCH3 is 1. The van der Waals surface area contributed by atoms with Gasteiger partial charge >= 0.3 is 0 Å². The summed E-state index contributed by atoms with van der Waals surface area (Å²) in [5, 5.41) is 3.19. The minimum atomic E-state index is -0.132. The summed E-state index contributed by atoms with van der Waals surface area (Å²) in [6, 6.07) is 1.77. The van der Waals surface area contributed by atoms with E-state index in [4.69, 9.17) is 9.15 Å². The third kappa shape index (κ3) is 2.73. The molecule has 1 aromatic heterocycles. The number of carbonyl (C=O) groups is 1. The molecule has 2 heterocycles. The lowest BCUT2D eigenvalue weighted by Gasteiger charge is -2.20. The predicted molar refractivity (Wildman–Crippen MR) is 67.1 cm³/mol. The highest BCUT2D eigenvalue weighted by Gasteiger charge is 2.31. The van der Waals surface area contributed by atoms with Crippen molar-refractivity contribution in [3.05, 3.63) is 23.7 Å². The van der Waals surface area contributed by atoms with Gasteiger partial charge in [0.1, 0.15) is 5.76 Å². The SMILES string of the molecule is COC1CNC(C(=O)N(C)Cc2ccoc2C)C1. The van der Waals surface area contributed by atoms with Crippen molar-refractivity contribution in [1.82, 2.24) is 10.2 Å². The average molecular weight is 252 g/mol. The van der Waals surface area contributed by atoms with Gasteiger partial charge in [-0.15, -0.1) is 0 Å². The number of hydrogen-bond acceptors (Lipinski definition) is 4. The topological polar surface area (TPSA) is 54.7 Å². The zero-order valence-electron chi connectivity index (χ0n) is 11.1. The van der Waals surface area contributed by atoms with Gasteiger partial charge in [0.25, 0.3) is 0 Å². The van der Waals surface area contributed by atoms with Gasteiger partial charge in [0.15, 0.2) is 0 Å². The van der Waals surface area contributed by atoms with Crippen molar-refractivity contribution in [2.45, 2.75) is 32.0 Å². The Bertz CT molecular complexity index is 416. The van der Waals surface area contributed by atoms with Gasteiger partial charge in [-0.1, -0.05) is 0 Å². The van der Waals surface area contributed by atoms with E-state index in [-0.39, 0.29) is 18.1 Å². The quantitative estimate of drug-likeness (QED) is 0.866. The van der Waals surface area contributed by atoms with Gasteiger partial charge in [0, 0.05) is 32.8 Å². The van der Waals surface area contributed by atoms with Crippen molar-refractivity contribution in [3.63, 3.8) is 0 Å². The first kappa shape index (κ1) is 13.1. The lowest BCUT2D eigenvalue weighted by Crippen LogP contribution is -2.41. The van der Waals surface area contributed by atoms with Crippen LogP contribution in [-0.4, -0.2) is 43.7 Å². The van der Waals surface area contributed by atoms with Gasteiger partial charge < -0.3 is 19.4 Å². The number of rotatable bonds is 4. The Kier molecular flexibility index (Phi) is 4.04. The highest BCUT2D eigenvalue weighted by atomic mass is 16.5. The fourth-order valence-electron chi connectivity index (χ4n) is 2.25. The van der Waals surface area contributed by atoms with Crippen LogP contribution in [0.1, 0.15) is 17.7 Å². The highest BCUT2D eigenvalue weighted by molar-refractivity contribution is 5.82. The Morgan fingerprint density at radius 2 is 2.44 bits per heavy atom. The molecule has 5 heteroatoms. The summed E-state index contributed by atoms with van der Waals surface area (Å²) in [5.41, 5.74) is 1.05. The number of likely N-dealkylation sites (N-methyl/N-ethyl adjacent to an activating group) is 1. The lowest BCUT2D eigenvalue weighted by molar-refractivity contribution is -0.132. The number of carbonyl (C=O) groups excluding carboxylic acids is 1. The Morgan fingerprint density at radius 3 is 3.00 bits per heavy atom. The molecule has 2 atom stereocenters. The second-order valence-corrected chi connectivity index (χ2v) is 4.75. The molecule has 0 radical (unpaired) electrons. The molecule has 1 N–H and O–H groups in total. The fourth-order valence-corrected chi connectivity index (χ4v) is 2.25. The maximum atomic E-state index is 12.2. The molecule has 100 valence electrons. The van der Waals surface area contributed by atoms with E-state index in [0.29, 0.717) is 6.54 Å². The molecule has 0 spiro atoms. The van der Waals surface area contributed by atoms with Crippen molar-refractivity contribution in [1.29, 1.82) is 0 Å². The molecular weight excluding hydrogens is 232 g/mol. The van der Waals surface area contributed by atoms with Gasteiger partial charge in [0.2, 0.25) is 5.91 Å². The van der Waals surface area contributed by atoms with E-state index >= 15 is 0 Å². The molecule has 5 nitrogen and oxygen atoms in total. The summed E-state index contributed by atoms with van der Waals surface area (Å²) in [5.74, 6) is 0.971. The summed E-state index contributed by atoms with van der Waals surface area (Å²) in [6.45, 7) is 3.23. The molecule has 0 saturated carbocycles. The fraction of sp³-hybridized carbons (Fsp3) is 0.615. The third-order valence-electron chi connectivity index (χ3n) is 3.47. The molecule has 1 fully saturated rings. The normalized spacial score (nSPS) is 23.3. The maximum absolute atomic E-state index is 12.2. The van der Waals surface area contributed by atoms with Crippen LogP contribution in [0.15, 0.2) is 16.7 Å². The second-order valence-electron chi connectivity index (χ2n) is 4.75. The van der Waals surface area contributed by atoms with Crippen molar-refractivity contribution in [2.75, 3.05) is 20.7 Å². The van der Waals surface area contributed by atoms with Crippen molar-refractivity contribution < 1.29 is 13.9 Å². The Morgan fingerprint density at radius 1 is 1.67 bits per heavy atom. The molecule has 0 bridgehead atoms. The van der Waals surface area contributed by atoms with Crippen LogP contribution < -0.4 is 5.32 Å². The number of amides is 1. The third-order valence-corrected chi connectivity index (χ3v) is 3.47. The van der Waals surface area contributed by atoms with Crippen LogP contribution >= 0.6 is 0 Å². The zero-order chi connectivity index (χ0) is 13.1. The first-order valence-corrected chi connectivity index (χ1v) is 6.16. The van der Waals surface area contributed by atoms with Crippen LogP contribution in [0.5, 0.6) is 0 Å². The number of ether oxygens (including phenoxy) is 1. The first-order chi connectivity index (χ1) is 8.61. The minimum Gasteiger partial charge on any atom is -0.469 e. The largest absolute Gasteiger partial charge is 0.469 e. The van der Waals surface area contributed by atoms with E-state index in [9.17, 15) is 4.79 Å². The Hall–Kier alpha value is -1.33. The van der Waals surface area contributed by atoms with Gasteiger partial charge in [0.05, 0.1) is 18.4 Å². The first-order valence-electron chi connectivity index (χ1n) is 6.16. The number of aryl methyl sites for hydroxylation is 1. The highest BCUT2D eigenvalue weighted by Crippen LogP contribution is 2.15. The molecule has 2 unspecified atom stereocenters. The number of hydrogen-bond donors (Lipinski definition) is 1. The molecule has 18 heavy (non-hydrogen) atoms. The minimum absolute atomic E-state index is 0.107. The molecule has 1 aliphatic heterocycles. The molecular formula is C13H20N2O3. The molecule has 1 aromatic rings. The number of nitrogens with zero attached hydrogens (tertiary/aromatic N) is 1.